The van der Waals surface area contributed by atoms with Gasteiger partial charge in [-0.2, -0.15) is 0 Å². The highest BCUT2D eigenvalue weighted by Crippen LogP contribution is 2.19. The summed E-state index contributed by atoms with van der Waals surface area (Å²) in [7, 11) is 0. The normalized spacial score (nSPS) is 11.1. The van der Waals surface area contributed by atoms with Gasteiger partial charge >= 0.3 is 5.97 Å². The third kappa shape index (κ3) is 11.2. The molecule has 0 saturated heterocycles. The van der Waals surface area contributed by atoms with E-state index < -0.39 is 56.4 Å². The number of hydrogen-bond donors (Lipinski definition) is 6. The van der Waals surface area contributed by atoms with Gasteiger partial charge in [-0.05, 0) is 6.92 Å². The summed E-state index contributed by atoms with van der Waals surface area (Å²) in [6.07, 6.45) is 1.33. The minimum atomic E-state index is -1.16. The first-order chi connectivity index (χ1) is 13.3. The zero-order valence-corrected chi connectivity index (χ0v) is 16.0. The van der Waals surface area contributed by atoms with Crippen molar-refractivity contribution in [2.45, 2.75) is 6.92 Å². The van der Waals surface area contributed by atoms with Crippen LogP contribution in [0.15, 0.2) is 17.1 Å². The molecule has 0 rings (SSSR count). The van der Waals surface area contributed by atoms with Crippen LogP contribution in [-0.4, -0.2) is 109 Å². The van der Waals surface area contributed by atoms with Crippen LogP contribution in [-0.2, 0) is 19.1 Å². The Bertz CT molecular complexity index is 446. The van der Waals surface area contributed by atoms with Gasteiger partial charge in [0.05, 0.1) is 70.2 Å². The Morgan fingerprint density at radius 1 is 0.929 bits per heavy atom. The lowest BCUT2D eigenvalue weighted by Crippen LogP contribution is -2.43. The van der Waals surface area contributed by atoms with Crippen molar-refractivity contribution in [1.82, 2.24) is 0 Å². The monoisotopic (exact) mass is 409 g/mol. The van der Waals surface area contributed by atoms with Gasteiger partial charge in [0.1, 0.15) is 6.61 Å². The van der Waals surface area contributed by atoms with Gasteiger partial charge in [0.25, 0.3) is 0 Å². The number of carbonyl (C=O) groups is 1. The molecule has 0 heterocycles. The number of hydrogen-bond acceptors (Lipinski definition) is 11. The molecule has 0 bridgehead atoms. The van der Waals surface area contributed by atoms with Crippen LogP contribution in [0.5, 0.6) is 0 Å². The average Bonchev–Trinajstić information content (AvgIpc) is 2.72. The van der Waals surface area contributed by atoms with Crippen molar-refractivity contribution in [2.24, 2.45) is 15.8 Å². The van der Waals surface area contributed by atoms with E-state index in [1.807, 2.05) is 0 Å². The van der Waals surface area contributed by atoms with Gasteiger partial charge in [-0.25, -0.2) is 14.6 Å². The first-order valence-corrected chi connectivity index (χ1v) is 8.35. The predicted octanol–water partition coefficient (Wildman–Crippen LogP) is -2.63. The third-order valence-electron chi connectivity index (χ3n) is 3.68. The number of esters is 1. The molecule has 0 aromatic carbocycles. The zero-order chi connectivity index (χ0) is 22.1. The Labute approximate surface area is 163 Å². The van der Waals surface area contributed by atoms with Gasteiger partial charge in [0, 0.05) is 5.57 Å². The van der Waals surface area contributed by atoms with E-state index in [-0.39, 0.29) is 26.4 Å². The van der Waals surface area contributed by atoms with Gasteiger partial charge in [-0.3, -0.25) is 0 Å². The highest BCUT2D eigenvalue weighted by molar-refractivity contribution is 5.86. The summed E-state index contributed by atoms with van der Waals surface area (Å²) in [4.78, 5) is 23.4. The fourth-order valence-corrected chi connectivity index (χ4v) is 1.41. The molecule has 0 unspecified atom stereocenters. The second-order valence-electron chi connectivity index (χ2n) is 6.33. The van der Waals surface area contributed by atoms with Gasteiger partial charge in [-0.1, -0.05) is 6.58 Å². The Morgan fingerprint density at radius 3 is 1.61 bits per heavy atom. The topological polar surface area (TPSA) is 186 Å². The minimum absolute atomic E-state index is 0.0981. The molecule has 0 saturated carbocycles. The highest BCUT2D eigenvalue weighted by atomic mass is 16.5. The van der Waals surface area contributed by atoms with Gasteiger partial charge in [0.15, 0.2) is 0 Å². The lowest BCUT2D eigenvalue weighted by atomic mass is 9.91. The number of nitrogens with zero attached hydrogens (tertiary/aromatic N) is 1. The number of aliphatic hydroxyl groups is 6. The summed E-state index contributed by atoms with van der Waals surface area (Å²) in [5, 5.41) is 54.2. The van der Waals surface area contributed by atoms with Crippen molar-refractivity contribution in [3.05, 3.63) is 12.2 Å². The summed E-state index contributed by atoms with van der Waals surface area (Å²) in [6.45, 7) is 2.17. The average molecular weight is 409 g/mol. The van der Waals surface area contributed by atoms with Crippen LogP contribution < -0.4 is 0 Å². The van der Waals surface area contributed by atoms with Crippen molar-refractivity contribution in [3.63, 3.8) is 0 Å². The zero-order valence-electron chi connectivity index (χ0n) is 16.0. The van der Waals surface area contributed by atoms with Crippen LogP contribution in [0.1, 0.15) is 6.92 Å². The van der Waals surface area contributed by atoms with Crippen LogP contribution in [0.2, 0.25) is 0 Å². The Kier molecular flexibility index (Phi) is 16.6. The summed E-state index contributed by atoms with van der Waals surface area (Å²) in [5.41, 5.74) is -1.99. The van der Waals surface area contributed by atoms with Crippen molar-refractivity contribution in [3.8, 4) is 0 Å². The molecule has 0 fully saturated rings. The molecule has 0 radical (unpaired) electrons. The molecule has 0 atom stereocenters. The molecular weight excluding hydrogens is 378 g/mol. The minimum Gasteiger partial charge on any atom is -0.460 e. The van der Waals surface area contributed by atoms with E-state index in [1.165, 1.54) is 6.08 Å². The number of carbonyl (C=O) groups excluding carboxylic acids is 2. The van der Waals surface area contributed by atoms with Crippen LogP contribution >= 0.6 is 0 Å². The molecule has 6 N–H and O–H groups in total. The molecule has 0 aliphatic rings. The summed E-state index contributed by atoms with van der Waals surface area (Å²) in [5.74, 6) is -0.467. The maximum Gasteiger partial charge on any atom is 0.333 e. The molecule has 28 heavy (non-hydrogen) atoms. The lowest BCUT2D eigenvalue weighted by Gasteiger charge is -2.31. The van der Waals surface area contributed by atoms with Crippen LogP contribution in [0, 0.1) is 10.8 Å². The molecule has 0 aliphatic heterocycles. The smallest absolute Gasteiger partial charge is 0.333 e. The van der Waals surface area contributed by atoms with E-state index in [0.29, 0.717) is 5.57 Å². The predicted molar refractivity (Wildman–Crippen MR) is 97.0 cm³/mol. The maximum atomic E-state index is 10.6. The summed E-state index contributed by atoms with van der Waals surface area (Å²) < 4.78 is 9.74. The van der Waals surface area contributed by atoms with Gasteiger partial charge in [-0.15, -0.1) is 0 Å². The van der Waals surface area contributed by atoms with E-state index in [1.54, 1.807) is 6.92 Å². The van der Waals surface area contributed by atoms with Gasteiger partial charge < -0.3 is 40.1 Å². The standard InChI is InChI=1S/C10H22O7.C7H9NO3/c11-1-9(2-12,3-13)7-17-8-10(4-14,5-15)6-16;1-6(2)7(10)11-4-3-8-5-9/h11-16H,1-8H2;1,3-4H2,2H3. The van der Waals surface area contributed by atoms with E-state index in [4.69, 9.17) is 35.4 Å². The molecule has 164 valence electrons. The van der Waals surface area contributed by atoms with E-state index in [2.05, 4.69) is 16.3 Å². The van der Waals surface area contributed by atoms with Crippen molar-refractivity contribution >= 4 is 12.0 Å². The van der Waals surface area contributed by atoms with Crippen molar-refractivity contribution < 1.29 is 49.7 Å². The Hall–Kier alpha value is -1.69. The third-order valence-corrected chi connectivity index (χ3v) is 3.68. The number of aliphatic imine (C=N–C) groups is 1. The Balaban J connectivity index is 0. The number of rotatable bonds is 14. The first kappa shape index (κ1) is 28.5. The van der Waals surface area contributed by atoms with Crippen molar-refractivity contribution in [1.29, 1.82) is 0 Å². The quantitative estimate of drug-likeness (QED) is 0.0582. The highest BCUT2D eigenvalue weighted by Gasteiger charge is 2.32. The number of ether oxygens (including phenoxy) is 2. The molecule has 0 aliphatic carbocycles. The molecule has 0 aromatic heterocycles. The SMILES string of the molecule is C=C(C)C(=O)OCCN=C=O.OCC(CO)(CO)COCC(CO)(CO)CO. The molecule has 11 nitrogen and oxygen atoms in total. The van der Waals surface area contributed by atoms with Crippen LogP contribution in [0.4, 0.5) is 0 Å². The number of isocyanates is 1. The van der Waals surface area contributed by atoms with E-state index in [9.17, 15) is 9.59 Å². The second kappa shape index (κ2) is 16.3. The fourth-order valence-electron chi connectivity index (χ4n) is 1.41. The molecule has 0 spiro atoms. The summed E-state index contributed by atoms with van der Waals surface area (Å²) >= 11 is 0. The Morgan fingerprint density at radius 2 is 1.32 bits per heavy atom. The lowest BCUT2D eigenvalue weighted by molar-refractivity contribution is -0.138. The molecule has 0 amide bonds. The van der Waals surface area contributed by atoms with Crippen LogP contribution in [0.25, 0.3) is 0 Å². The van der Waals surface area contributed by atoms with E-state index >= 15 is 0 Å². The molecule has 0 aromatic rings. The molecular formula is C17H31NO10. The summed E-state index contributed by atoms with van der Waals surface area (Å²) in [6, 6.07) is 0. The first-order valence-electron chi connectivity index (χ1n) is 8.35. The second-order valence-corrected chi connectivity index (χ2v) is 6.33. The van der Waals surface area contributed by atoms with E-state index in [0.717, 1.165) is 0 Å². The van der Waals surface area contributed by atoms with Crippen LogP contribution in [0.3, 0.4) is 0 Å². The molecule has 11 heteroatoms. The maximum absolute atomic E-state index is 10.6. The largest absolute Gasteiger partial charge is 0.460 e. The number of aliphatic hydroxyl groups excluding tert-OH is 6. The fraction of sp³-hybridized carbons (Fsp3) is 0.765. The van der Waals surface area contributed by atoms with Gasteiger partial charge in [0.2, 0.25) is 6.08 Å². The van der Waals surface area contributed by atoms with Crippen molar-refractivity contribution in [2.75, 3.05) is 66.0 Å².